The summed E-state index contributed by atoms with van der Waals surface area (Å²) < 4.78 is 35.1. The average Bonchev–Trinajstić information content (AvgIpc) is 2.18. The van der Waals surface area contributed by atoms with Crippen LogP contribution in [0.1, 0.15) is 12.8 Å². The Labute approximate surface area is 106 Å². The SMILES string of the molecule is COCCCS(=O)(=O)NCCC(Br)COC. The van der Waals surface area contributed by atoms with Gasteiger partial charge in [0, 0.05) is 32.2 Å². The molecule has 0 aromatic carbocycles. The summed E-state index contributed by atoms with van der Waals surface area (Å²) in [5.74, 6) is 0.109. The number of alkyl halides is 1. The second-order valence-electron chi connectivity index (χ2n) is 3.40. The lowest BCUT2D eigenvalue weighted by Crippen LogP contribution is -2.29. The lowest BCUT2D eigenvalue weighted by Gasteiger charge is -2.09. The van der Waals surface area contributed by atoms with Gasteiger partial charge in [0.1, 0.15) is 0 Å². The van der Waals surface area contributed by atoms with Crippen molar-refractivity contribution in [1.82, 2.24) is 4.72 Å². The van der Waals surface area contributed by atoms with Gasteiger partial charge in [-0.3, -0.25) is 0 Å². The molecule has 0 aromatic rings. The van der Waals surface area contributed by atoms with Gasteiger partial charge in [0.2, 0.25) is 10.0 Å². The molecule has 0 saturated carbocycles. The van der Waals surface area contributed by atoms with Crippen LogP contribution in [0.5, 0.6) is 0 Å². The average molecular weight is 318 g/mol. The van der Waals surface area contributed by atoms with Gasteiger partial charge >= 0.3 is 0 Å². The first kappa shape index (κ1) is 16.3. The van der Waals surface area contributed by atoms with Gasteiger partial charge in [-0.05, 0) is 12.8 Å². The lowest BCUT2D eigenvalue weighted by atomic mass is 10.3. The van der Waals surface area contributed by atoms with Crippen molar-refractivity contribution in [3.63, 3.8) is 0 Å². The van der Waals surface area contributed by atoms with Crippen molar-refractivity contribution in [3.8, 4) is 0 Å². The smallest absolute Gasteiger partial charge is 0.211 e. The molecule has 5 nitrogen and oxygen atoms in total. The van der Waals surface area contributed by atoms with Crippen molar-refractivity contribution in [2.75, 3.05) is 39.7 Å². The van der Waals surface area contributed by atoms with Gasteiger partial charge in [-0.25, -0.2) is 13.1 Å². The van der Waals surface area contributed by atoms with Crippen LogP contribution in [-0.4, -0.2) is 53.0 Å². The van der Waals surface area contributed by atoms with Gasteiger partial charge in [0.05, 0.1) is 12.4 Å². The molecule has 0 aliphatic carbocycles. The summed E-state index contributed by atoms with van der Waals surface area (Å²) in [6, 6.07) is 0. The summed E-state index contributed by atoms with van der Waals surface area (Å²) in [6.07, 6.45) is 1.22. The number of nitrogens with one attached hydrogen (secondary N) is 1. The van der Waals surface area contributed by atoms with E-state index >= 15 is 0 Å². The number of rotatable bonds is 10. The van der Waals surface area contributed by atoms with E-state index in [1.54, 1.807) is 14.2 Å². The van der Waals surface area contributed by atoms with Crippen LogP contribution >= 0.6 is 15.9 Å². The fourth-order valence-corrected chi connectivity index (χ4v) is 2.67. The van der Waals surface area contributed by atoms with E-state index in [2.05, 4.69) is 20.7 Å². The Bertz CT molecular complexity index is 258. The van der Waals surface area contributed by atoms with Crippen molar-refractivity contribution in [2.45, 2.75) is 17.7 Å². The number of hydrogen-bond donors (Lipinski definition) is 1. The predicted octanol–water partition coefficient (Wildman–Crippen LogP) is 0.742. The summed E-state index contributed by atoms with van der Waals surface area (Å²) in [5.41, 5.74) is 0. The fourth-order valence-electron chi connectivity index (χ4n) is 1.10. The fraction of sp³-hybridized carbons (Fsp3) is 1.00. The summed E-state index contributed by atoms with van der Waals surface area (Å²) >= 11 is 3.39. The van der Waals surface area contributed by atoms with E-state index in [1.807, 2.05) is 0 Å². The third-order valence-electron chi connectivity index (χ3n) is 1.89. The van der Waals surface area contributed by atoms with Gasteiger partial charge in [-0.15, -0.1) is 0 Å². The molecular formula is C9H20BrNO4S. The van der Waals surface area contributed by atoms with Gasteiger partial charge < -0.3 is 9.47 Å². The highest BCUT2D eigenvalue weighted by Gasteiger charge is 2.10. The minimum absolute atomic E-state index is 0.109. The zero-order valence-electron chi connectivity index (χ0n) is 9.74. The van der Waals surface area contributed by atoms with E-state index in [-0.39, 0.29) is 10.6 Å². The molecule has 0 aromatic heterocycles. The van der Waals surface area contributed by atoms with E-state index in [1.165, 1.54) is 0 Å². The molecule has 0 bridgehead atoms. The minimum atomic E-state index is -3.16. The highest BCUT2D eigenvalue weighted by atomic mass is 79.9. The topological polar surface area (TPSA) is 64.6 Å². The molecule has 16 heavy (non-hydrogen) atoms. The van der Waals surface area contributed by atoms with Crippen LogP contribution in [0, 0.1) is 0 Å². The molecule has 0 saturated heterocycles. The zero-order chi connectivity index (χ0) is 12.4. The summed E-state index contributed by atoms with van der Waals surface area (Å²) in [4.78, 5) is 0.180. The van der Waals surface area contributed by atoms with Crippen LogP contribution in [0.2, 0.25) is 0 Å². The number of methoxy groups -OCH3 is 2. The molecule has 0 spiro atoms. The number of hydrogen-bond acceptors (Lipinski definition) is 4. The molecule has 7 heteroatoms. The summed E-state index contributed by atoms with van der Waals surface area (Å²) in [6.45, 7) is 1.46. The first-order valence-corrected chi connectivity index (χ1v) is 7.68. The van der Waals surface area contributed by atoms with Crippen LogP contribution in [0.3, 0.4) is 0 Å². The van der Waals surface area contributed by atoms with Crippen LogP contribution in [0.4, 0.5) is 0 Å². The first-order valence-electron chi connectivity index (χ1n) is 5.11. The predicted molar refractivity (Wildman–Crippen MR) is 67.5 cm³/mol. The molecule has 1 N–H and O–H groups in total. The maximum Gasteiger partial charge on any atom is 0.211 e. The molecule has 0 rings (SSSR count). The third kappa shape index (κ3) is 9.53. The number of ether oxygens (including phenoxy) is 2. The van der Waals surface area contributed by atoms with Crippen LogP contribution in [0.25, 0.3) is 0 Å². The van der Waals surface area contributed by atoms with Crippen molar-refractivity contribution in [3.05, 3.63) is 0 Å². The van der Waals surface area contributed by atoms with E-state index in [0.717, 1.165) is 0 Å². The lowest BCUT2D eigenvalue weighted by molar-refractivity contribution is 0.198. The molecule has 0 heterocycles. The molecule has 0 fully saturated rings. The Morgan fingerprint density at radius 1 is 1.31 bits per heavy atom. The van der Waals surface area contributed by atoms with Crippen molar-refractivity contribution in [1.29, 1.82) is 0 Å². The molecule has 1 atom stereocenters. The van der Waals surface area contributed by atoms with E-state index in [0.29, 0.717) is 32.6 Å². The van der Waals surface area contributed by atoms with Crippen molar-refractivity contribution >= 4 is 26.0 Å². The monoisotopic (exact) mass is 317 g/mol. The Kier molecular flexibility index (Phi) is 9.53. The molecule has 0 amide bonds. The first-order chi connectivity index (χ1) is 7.52. The van der Waals surface area contributed by atoms with E-state index in [9.17, 15) is 8.42 Å². The van der Waals surface area contributed by atoms with Crippen molar-refractivity contribution < 1.29 is 17.9 Å². The molecule has 1 unspecified atom stereocenters. The molecule has 0 radical (unpaired) electrons. The van der Waals surface area contributed by atoms with Gasteiger partial charge in [-0.1, -0.05) is 15.9 Å². The highest BCUT2D eigenvalue weighted by Crippen LogP contribution is 2.04. The largest absolute Gasteiger partial charge is 0.385 e. The Morgan fingerprint density at radius 3 is 2.56 bits per heavy atom. The summed E-state index contributed by atoms with van der Waals surface area (Å²) in [5, 5.41) is 0. The molecule has 0 aliphatic rings. The van der Waals surface area contributed by atoms with Crippen LogP contribution in [0.15, 0.2) is 0 Å². The maximum atomic E-state index is 11.4. The second kappa shape index (κ2) is 9.35. The van der Waals surface area contributed by atoms with Gasteiger partial charge in [0.25, 0.3) is 0 Å². The second-order valence-corrected chi connectivity index (χ2v) is 6.62. The standard InChI is InChI=1S/C9H20BrNO4S/c1-14-6-3-7-16(12,13)11-5-4-9(10)8-15-2/h9,11H,3-8H2,1-2H3. The Hall–Kier alpha value is 0.310. The highest BCUT2D eigenvalue weighted by molar-refractivity contribution is 9.09. The van der Waals surface area contributed by atoms with Crippen LogP contribution < -0.4 is 4.72 Å². The quantitative estimate of drug-likeness (QED) is 0.477. The third-order valence-corrected chi connectivity index (χ3v) is 4.08. The Morgan fingerprint density at radius 2 is 2.00 bits per heavy atom. The molecular weight excluding hydrogens is 298 g/mol. The normalized spacial score (nSPS) is 13.9. The van der Waals surface area contributed by atoms with Gasteiger partial charge in [-0.2, -0.15) is 0 Å². The van der Waals surface area contributed by atoms with E-state index < -0.39 is 10.0 Å². The Balaban J connectivity index is 3.65. The zero-order valence-corrected chi connectivity index (χ0v) is 12.1. The number of sulfonamides is 1. The number of halogens is 1. The maximum absolute atomic E-state index is 11.4. The van der Waals surface area contributed by atoms with E-state index in [4.69, 9.17) is 9.47 Å². The van der Waals surface area contributed by atoms with Crippen molar-refractivity contribution in [2.24, 2.45) is 0 Å². The summed E-state index contributed by atoms with van der Waals surface area (Å²) in [7, 11) is 0.0140. The minimum Gasteiger partial charge on any atom is -0.385 e. The molecule has 0 aliphatic heterocycles. The van der Waals surface area contributed by atoms with Crippen LogP contribution in [-0.2, 0) is 19.5 Å². The van der Waals surface area contributed by atoms with Gasteiger partial charge in [0.15, 0.2) is 0 Å². The molecule has 98 valence electrons.